The molecule has 2 atom stereocenters. The first-order valence-corrected chi connectivity index (χ1v) is 12.7. The van der Waals surface area contributed by atoms with Crippen LogP contribution in [0.5, 0.6) is 0 Å². The summed E-state index contributed by atoms with van der Waals surface area (Å²) in [5.41, 5.74) is 7.52. The highest BCUT2D eigenvalue weighted by Crippen LogP contribution is 2.23. The Bertz CT molecular complexity index is 819. The molecule has 0 spiro atoms. The van der Waals surface area contributed by atoms with Gasteiger partial charge >= 0.3 is 0 Å². The lowest BCUT2D eigenvalue weighted by molar-refractivity contribution is -0.139. The van der Waals surface area contributed by atoms with Gasteiger partial charge in [-0.2, -0.15) is 0 Å². The zero-order chi connectivity index (χ0) is 27.4. The monoisotopic (exact) mass is 501 g/mol. The van der Waals surface area contributed by atoms with Gasteiger partial charge in [0.1, 0.15) is 12.8 Å². The van der Waals surface area contributed by atoms with Gasteiger partial charge in [0, 0.05) is 32.8 Å². The molecule has 0 aromatic heterocycles. The molecule has 0 saturated heterocycles. The summed E-state index contributed by atoms with van der Waals surface area (Å²) < 4.78 is 16.6. The van der Waals surface area contributed by atoms with Gasteiger partial charge in [0.05, 0.1) is 0 Å². The second-order valence-corrected chi connectivity index (χ2v) is 9.51. The lowest BCUT2D eigenvalue weighted by Crippen LogP contribution is -2.46. The molecule has 202 valence electrons. The number of nitrogens with two attached hydrogens (primary N) is 1. The predicted molar refractivity (Wildman–Crippen MR) is 151 cm³/mol. The van der Waals surface area contributed by atoms with E-state index in [4.69, 9.17) is 10.5 Å². The van der Waals surface area contributed by atoms with E-state index < -0.39 is 6.17 Å². The Morgan fingerprint density at radius 1 is 1.08 bits per heavy atom. The van der Waals surface area contributed by atoms with Crippen LogP contribution in [0.4, 0.5) is 4.39 Å². The number of hydrogen-bond donors (Lipinski definition) is 2. The van der Waals surface area contributed by atoms with Crippen LogP contribution in [0.2, 0.25) is 0 Å². The number of carbonyl (C=O) groups excluding carboxylic acids is 1. The van der Waals surface area contributed by atoms with Crippen LogP contribution < -0.4 is 11.1 Å². The number of nitrogens with zero attached hydrogens (tertiary/aromatic N) is 1. The van der Waals surface area contributed by atoms with Crippen LogP contribution in [0.15, 0.2) is 66.9 Å². The summed E-state index contributed by atoms with van der Waals surface area (Å²) in [6.07, 6.45) is 3.81. The van der Waals surface area contributed by atoms with Gasteiger partial charge < -0.3 is 20.7 Å². The lowest BCUT2D eigenvalue weighted by atomic mass is 9.87. The largest absolute Gasteiger partial charge is 0.387 e. The van der Waals surface area contributed by atoms with Gasteiger partial charge in [-0.3, -0.25) is 4.79 Å². The Labute approximate surface area is 218 Å². The van der Waals surface area contributed by atoms with Crippen molar-refractivity contribution >= 4 is 12.0 Å². The molecule has 0 heterocycles. The first-order valence-electron chi connectivity index (χ1n) is 12.7. The third kappa shape index (κ3) is 15.3. The predicted octanol–water partition coefficient (Wildman–Crippen LogP) is 6.06. The van der Waals surface area contributed by atoms with Gasteiger partial charge in [-0.25, -0.2) is 4.39 Å². The summed E-state index contributed by atoms with van der Waals surface area (Å²) in [5.74, 6) is 0.0671. The van der Waals surface area contributed by atoms with Crippen LogP contribution in [0.1, 0.15) is 59.1 Å². The van der Waals surface area contributed by atoms with Crippen LogP contribution in [0.25, 0.3) is 6.08 Å². The van der Waals surface area contributed by atoms with Gasteiger partial charge in [-0.15, -0.1) is 0 Å². The highest BCUT2D eigenvalue weighted by molar-refractivity contribution is 5.77. The van der Waals surface area contributed by atoms with Gasteiger partial charge in [-0.1, -0.05) is 88.4 Å². The molecule has 2 aromatic rings. The summed E-state index contributed by atoms with van der Waals surface area (Å²) in [7, 11) is 1.55. The number of halogens is 1. The zero-order valence-electron chi connectivity index (χ0n) is 23.3. The van der Waals surface area contributed by atoms with E-state index in [1.54, 1.807) is 14.0 Å². The third-order valence-electron chi connectivity index (χ3n) is 5.69. The second-order valence-electron chi connectivity index (χ2n) is 9.51. The fourth-order valence-electron chi connectivity index (χ4n) is 3.00. The summed E-state index contributed by atoms with van der Waals surface area (Å²) in [6, 6.07) is 20.9. The van der Waals surface area contributed by atoms with E-state index in [9.17, 15) is 9.18 Å². The number of benzene rings is 2. The fraction of sp³-hybridized carbons (Fsp3) is 0.500. The Hall–Kier alpha value is -2.70. The van der Waals surface area contributed by atoms with Gasteiger partial charge in [0.25, 0.3) is 0 Å². The van der Waals surface area contributed by atoms with Crippen LogP contribution in [0, 0.1) is 5.41 Å². The maximum Gasteiger partial charge on any atom is 0.248 e. The Morgan fingerprint density at radius 2 is 1.64 bits per heavy atom. The number of amides is 1. The average molecular weight is 502 g/mol. The van der Waals surface area contributed by atoms with Crippen molar-refractivity contribution < 1.29 is 13.9 Å². The van der Waals surface area contributed by atoms with Crippen molar-refractivity contribution in [3.05, 3.63) is 78.0 Å². The summed E-state index contributed by atoms with van der Waals surface area (Å²) >= 11 is 0. The van der Waals surface area contributed by atoms with Crippen LogP contribution in [-0.2, 0) is 16.1 Å². The minimum Gasteiger partial charge on any atom is -0.387 e. The quantitative estimate of drug-likeness (QED) is 0.415. The Morgan fingerprint density at radius 3 is 2.06 bits per heavy atom. The standard InChI is InChI=1S/C15H15N.C11H23NO2.C4H10FN/c1-3-7-14(8-4-1)11-12-16-13-15-9-5-2-6-10-15;1-7-12(10(13)8-14-6)9(2)11(3,4)5;1-2-4(5)3-6/h1-12,16H,13H2;9H,7-8H2,1-6H3;4H,2-3,6H2,1H3/b12-11+;;/t;9-;4-/m.00/s1. The van der Waals surface area contributed by atoms with E-state index in [0.717, 1.165) is 13.1 Å². The number of rotatable bonds is 10. The summed E-state index contributed by atoms with van der Waals surface area (Å²) in [6.45, 7) is 14.2. The number of methoxy groups -OCH3 is 1. The number of likely N-dealkylation sites (N-methyl/N-ethyl adjacent to an activating group) is 1. The molecule has 0 aliphatic rings. The first kappa shape index (κ1) is 33.3. The zero-order valence-corrected chi connectivity index (χ0v) is 23.3. The third-order valence-corrected chi connectivity index (χ3v) is 5.69. The highest BCUT2D eigenvalue weighted by Gasteiger charge is 2.28. The Balaban J connectivity index is 0.000000563. The maximum absolute atomic E-state index is 11.7. The van der Waals surface area contributed by atoms with Crippen molar-refractivity contribution in [2.24, 2.45) is 11.1 Å². The molecule has 0 bridgehead atoms. The molecule has 0 aliphatic carbocycles. The van der Waals surface area contributed by atoms with Crippen LogP contribution in [0.3, 0.4) is 0 Å². The van der Waals surface area contributed by atoms with E-state index in [-0.39, 0.29) is 30.5 Å². The molecule has 36 heavy (non-hydrogen) atoms. The van der Waals surface area contributed by atoms with Crippen molar-refractivity contribution in [1.82, 2.24) is 10.2 Å². The number of ether oxygens (including phenoxy) is 1. The molecule has 6 heteroatoms. The summed E-state index contributed by atoms with van der Waals surface area (Å²) in [4.78, 5) is 13.5. The van der Waals surface area contributed by atoms with E-state index in [0.29, 0.717) is 6.42 Å². The smallest absolute Gasteiger partial charge is 0.248 e. The number of nitrogens with one attached hydrogen (secondary N) is 1. The van der Waals surface area contributed by atoms with Crippen molar-refractivity contribution in [3.63, 3.8) is 0 Å². The molecular formula is C30H48FN3O2. The molecule has 2 rings (SSSR count). The van der Waals surface area contributed by atoms with Crippen LogP contribution in [-0.4, -0.2) is 49.8 Å². The summed E-state index contributed by atoms with van der Waals surface area (Å²) in [5, 5.41) is 3.27. The number of hydrogen-bond acceptors (Lipinski definition) is 4. The van der Waals surface area contributed by atoms with Crippen molar-refractivity contribution in [1.29, 1.82) is 0 Å². The second kappa shape index (κ2) is 19.5. The van der Waals surface area contributed by atoms with E-state index in [1.807, 2.05) is 42.3 Å². The molecular weight excluding hydrogens is 453 g/mol. The van der Waals surface area contributed by atoms with E-state index >= 15 is 0 Å². The van der Waals surface area contributed by atoms with Crippen molar-refractivity contribution in [2.45, 2.75) is 66.7 Å². The molecule has 0 fully saturated rings. The first-order chi connectivity index (χ1) is 17.1. The van der Waals surface area contributed by atoms with Crippen LogP contribution >= 0.6 is 0 Å². The lowest BCUT2D eigenvalue weighted by Gasteiger charge is -2.37. The molecule has 2 aromatic carbocycles. The van der Waals surface area contributed by atoms with Crippen molar-refractivity contribution in [3.8, 4) is 0 Å². The molecule has 3 N–H and O–H groups in total. The van der Waals surface area contributed by atoms with Crippen molar-refractivity contribution in [2.75, 3.05) is 26.8 Å². The molecule has 0 unspecified atom stereocenters. The molecule has 0 aliphatic heterocycles. The average Bonchev–Trinajstić information content (AvgIpc) is 2.88. The molecule has 1 amide bonds. The van der Waals surface area contributed by atoms with E-state index in [1.165, 1.54) is 11.1 Å². The fourth-order valence-corrected chi connectivity index (χ4v) is 3.00. The highest BCUT2D eigenvalue weighted by atomic mass is 19.1. The minimum atomic E-state index is -0.787. The topological polar surface area (TPSA) is 67.6 Å². The Kier molecular flexibility index (Phi) is 18.0. The molecule has 5 nitrogen and oxygen atoms in total. The van der Waals surface area contributed by atoms with Gasteiger partial charge in [-0.05, 0) is 49.1 Å². The minimum absolute atomic E-state index is 0.0671. The van der Waals surface area contributed by atoms with Gasteiger partial charge in [0.15, 0.2) is 0 Å². The SMILES string of the molecule is C(=C\c1ccccc1)/NCc1ccccc1.CCN(C(=O)COC)[C@@H](C)C(C)(C)C.CC[C@H](F)CN. The molecule has 0 radical (unpaired) electrons. The van der Waals surface area contributed by atoms with E-state index in [2.05, 4.69) is 75.5 Å². The number of carbonyl (C=O) groups is 1. The molecule has 0 saturated carbocycles. The van der Waals surface area contributed by atoms with Gasteiger partial charge in [0.2, 0.25) is 5.91 Å². The normalized spacial score (nSPS) is 12.5. The number of alkyl halides is 1. The maximum atomic E-state index is 11.7.